The van der Waals surface area contributed by atoms with Gasteiger partial charge in [0.1, 0.15) is 34.9 Å². The fourth-order valence-corrected chi connectivity index (χ4v) is 8.18. The Hall–Kier alpha value is -2.45. The highest BCUT2D eigenvalue weighted by atomic mass is 79.9. The Bertz CT molecular complexity index is 1180. The van der Waals surface area contributed by atoms with Gasteiger partial charge in [0.2, 0.25) is 5.89 Å². The van der Waals surface area contributed by atoms with Gasteiger partial charge in [0, 0.05) is 5.02 Å². The van der Waals surface area contributed by atoms with Crippen LogP contribution in [0, 0.1) is 0 Å². The van der Waals surface area contributed by atoms with Crippen LogP contribution in [0.3, 0.4) is 0 Å². The van der Waals surface area contributed by atoms with Crippen molar-refractivity contribution >= 4 is 45.9 Å². The van der Waals surface area contributed by atoms with Crippen LogP contribution >= 0.6 is 18.9 Å². The van der Waals surface area contributed by atoms with Gasteiger partial charge < -0.3 is 21.4 Å². The molecule has 1 aromatic heterocycles. The van der Waals surface area contributed by atoms with E-state index in [1.54, 1.807) is 0 Å². The molecule has 1 heterocycles. The molecule has 0 N–H and O–H groups in total. The van der Waals surface area contributed by atoms with Crippen LogP contribution in [-0.2, 0) is 6.16 Å². The number of oxazole rings is 1. The maximum Gasteiger partial charge on any atom is 0.234 e. The van der Waals surface area contributed by atoms with Gasteiger partial charge in [-0.15, -0.1) is 0 Å². The molecule has 5 aromatic rings. The first-order chi connectivity index (χ1) is 14.8. The Morgan fingerprint density at radius 3 is 1.65 bits per heavy atom. The molecule has 5 rings (SSSR count). The number of halogens is 2. The molecule has 0 spiro atoms. The van der Waals surface area contributed by atoms with E-state index >= 15 is 0 Å². The van der Waals surface area contributed by atoms with Crippen molar-refractivity contribution in [1.29, 1.82) is 0 Å². The second-order valence-electron chi connectivity index (χ2n) is 7.19. The number of rotatable bonds is 5. The van der Waals surface area contributed by atoms with Gasteiger partial charge in [0.25, 0.3) is 0 Å². The monoisotopic (exact) mass is 507 g/mol. The summed E-state index contributed by atoms with van der Waals surface area (Å²) in [6, 6.07) is 37.8. The van der Waals surface area contributed by atoms with Gasteiger partial charge in [-0.1, -0.05) is 66.2 Å². The van der Waals surface area contributed by atoms with Crippen molar-refractivity contribution in [2.24, 2.45) is 0 Å². The third-order valence-corrected chi connectivity index (χ3v) is 9.88. The first kappa shape index (κ1) is 21.8. The van der Waals surface area contributed by atoms with E-state index in [1.165, 1.54) is 15.9 Å². The molecule has 0 unspecified atom stereocenters. The highest BCUT2D eigenvalue weighted by molar-refractivity contribution is 7.95. The molecule has 0 aliphatic heterocycles. The fourth-order valence-electron chi connectivity index (χ4n) is 3.99. The lowest BCUT2D eigenvalue weighted by atomic mass is 10.3. The second kappa shape index (κ2) is 9.36. The molecule has 0 atom stereocenters. The first-order valence-corrected chi connectivity index (χ1v) is 12.2. The van der Waals surface area contributed by atoms with E-state index in [0.29, 0.717) is 11.2 Å². The number of fused-ring (bicyclic) bond motifs is 1. The Morgan fingerprint density at radius 1 is 0.677 bits per heavy atom. The molecular weight excluding hydrogens is 489 g/mol. The van der Waals surface area contributed by atoms with E-state index in [-0.39, 0.29) is 17.0 Å². The van der Waals surface area contributed by atoms with Crippen LogP contribution in [0.25, 0.3) is 11.1 Å². The lowest BCUT2D eigenvalue weighted by Crippen LogP contribution is -3.00. The van der Waals surface area contributed by atoms with E-state index in [1.807, 2.05) is 18.2 Å². The fraction of sp³-hybridized carbons (Fsp3) is 0.0385. The van der Waals surface area contributed by atoms with E-state index < -0.39 is 7.26 Å². The minimum absolute atomic E-state index is 0. The van der Waals surface area contributed by atoms with Crippen LogP contribution in [0.4, 0.5) is 0 Å². The predicted molar refractivity (Wildman–Crippen MR) is 128 cm³/mol. The van der Waals surface area contributed by atoms with Crippen molar-refractivity contribution < 1.29 is 21.4 Å². The molecule has 2 nitrogen and oxygen atoms in total. The van der Waals surface area contributed by atoms with Gasteiger partial charge in [0.05, 0.1) is 0 Å². The summed E-state index contributed by atoms with van der Waals surface area (Å²) >= 11 is 6.17. The average molecular weight is 509 g/mol. The van der Waals surface area contributed by atoms with E-state index in [0.717, 1.165) is 17.0 Å². The number of hydrogen-bond donors (Lipinski definition) is 0. The molecule has 5 heteroatoms. The molecule has 0 fully saturated rings. The first-order valence-electron chi connectivity index (χ1n) is 9.86. The topological polar surface area (TPSA) is 26.0 Å². The summed E-state index contributed by atoms with van der Waals surface area (Å²) in [4.78, 5) is 4.81. The van der Waals surface area contributed by atoms with Crippen LogP contribution < -0.4 is 32.9 Å². The van der Waals surface area contributed by atoms with Crippen molar-refractivity contribution in [2.75, 3.05) is 0 Å². The summed E-state index contributed by atoms with van der Waals surface area (Å²) in [7, 11) is -2.03. The third kappa shape index (κ3) is 4.19. The number of aromatic nitrogens is 1. The van der Waals surface area contributed by atoms with Crippen LogP contribution in [-0.4, -0.2) is 4.98 Å². The van der Waals surface area contributed by atoms with Crippen LogP contribution in [0.15, 0.2) is 114 Å². The van der Waals surface area contributed by atoms with Crippen molar-refractivity contribution in [1.82, 2.24) is 4.98 Å². The highest BCUT2D eigenvalue weighted by Crippen LogP contribution is 2.58. The van der Waals surface area contributed by atoms with Crippen molar-refractivity contribution in [2.45, 2.75) is 6.16 Å². The van der Waals surface area contributed by atoms with Crippen LogP contribution in [0.1, 0.15) is 5.89 Å². The average Bonchev–Trinajstić information content (AvgIpc) is 3.20. The van der Waals surface area contributed by atoms with Crippen LogP contribution in [0.5, 0.6) is 0 Å². The minimum atomic E-state index is -2.03. The Labute approximate surface area is 198 Å². The van der Waals surface area contributed by atoms with Gasteiger partial charge in [-0.25, -0.2) is 4.98 Å². The third-order valence-electron chi connectivity index (χ3n) is 5.36. The normalized spacial score (nSPS) is 11.3. The van der Waals surface area contributed by atoms with Crippen molar-refractivity contribution in [3.63, 3.8) is 0 Å². The molecule has 0 aliphatic rings. The SMILES string of the molecule is Clc1ccc2oc(C[P+](c3ccccc3)(c3ccccc3)c3ccccc3)nc2c1.[Br-]. The molecule has 0 saturated heterocycles. The largest absolute Gasteiger partial charge is 1.00 e. The van der Waals surface area contributed by atoms with Gasteiger partial charge >= 0.3 is 0 Å². The Kier molecular flexibility index (Phi) is 6.57. The molecule has 4 aromatic carbocycles. The molecule has 154 valence electrons. The summed E-state index contributed by atoms with van der Waals surface area (Å²) in [5, 5.41) is 4.59. The number of nitrogens with zero attached hydrogens (tertiary/aromatic N) is 1. The number of benzene rings is 4. The molecule has 0 bridgehead atoms. The number of hydrogen-bond acceptors (Lipinski definition) is 2. The zero-order valence-corrected chi connectivity index (χ0v) is 19.9. The lowest BCUT2D eigenvalue weighted by Gasteiger charge is -2.26. The zero-order valence-electron chi connectivity index (χ0n) is 16.7. The van der Waals surface area contributed by atoms with Gasteiger partial charge in [-0.2, -0.15) is 0 Å². The smallest absolute Gasteiger partial charge is 0.234 e. The molecule has 0 amide bonds. The van der Waals surface area contributed by atoms with E-state index in [4.69, 9.17) is 21.0 Å². The van der Waals surface area contributed by atoms with Gasteiger partial charge in [-0.3, -0.25) is 0 Å². The standard InChI is InChI=1S/C26H20ClNOP.BrH/c27-20-16-17-25-24(18-20)28-26(29-25)19-30(21-10-4-1-5-11-21,22-12-6-2-7-13-22)23-14-8-3-9-15-23;/h1-18H,19H2;1H/q+1;/p-1. The van der Waals surface area contributed by atoms with Crippen LogP contribution in [0.2, 0.25) is 5.02 Å². The minimum Gasteiger partial charge on any atom is -1.00 e. The summed E-state index contributed by atoms with van der Waals surface area (Å²) < 4.78 is 6.20. The molecule has 0 radical (unpaired) electrons. The van der Waals surface area contributed by atoms with Gasteiger partial charge in [-0.05, 0) is 54.6 Å². The Morgan fingerprint density at radius 2 is 1.16 bits per heavy atom. The molecular formula is C26H20BrClNOP. The molecule has 0 aliphatic carbocycles. The summed E-state index contributed by atoms with van der Waals surface area (Å²) in [6.45, 7) is 0. The maximum atomic E-state index is 6.20. The zero-order chi connectivity index (χ0) is 20.4. The van der Waals surface area contributed by atoms with Gasteiger partial charge in [0.15, 0.2) is 5.58 Å². The quantitative estimate of drug-likeness (QED) is 0.341. The maximum absolute atomic E-state index is 6.20. The summed E-state index contributed by atoms with van der Waals surface area (Å²) in [6.07, 6.45) is 0.706. The van der Waals surface area contributed by atoms with Crippen molar-refractivity contribution in [3.8, 4) is 0 Å². The second-order valence-corrected chi connectivity index (χ2v) is 11.1. The molecule has 31 heavy (non-hydrogen) atoms. The summed E-state index contributed by atoms with van der Waals surface area (Å²) in [5.41, 5.74) is 1.56. The highest BCUT2D eigenvalue weighted by Gasteiger charge is 2.46. The lowest BCUT2D eigenvalue weighted by molar-refractivity contribution is -0.00000646. The summed E-state index contributed by atoms with van der Waals surface area (Å²) in [5.74, 6) is 0.733. The van der Waals surface area contributed by atoms with E-state index in [2.05, 4.69) is 91.0 Å². The Balaban J connectivity index is 0.00000231. The molecule has 0 saturated carbocycles. The van der Waals surface area contributed by atoms with Crippen molar-refractivity contribution in [3.05, 3.63) is 120 Å². The van der Waals surface area contributed by atoms with E-state index in [9.17, 15) is 0 Å². The predicted octanol–water partition coefficient (Wildman–Crippen LogP) is 2.98.